The summed E-state index contributed by atoms with van der Waals surface area (Å²) >= 11 is 11.9. The number of carbonyl (C=O) groups excluding carboxylic acids is 1. The van der Waals surface area contributed by atoms with Crippen molar-refractivity contribution in [1.29, 1.82) is 0 Å². The van der Waals surface area contributed by atoms with Crippen molar-refractivity contribution in [2.75, 3.05) is 11.9 Å². The minimum absolute atomic E-state index is 0.0157. The van der Waals surface area contributed by atoms with Crippen molar-refractivity contribution in [3.05, 3.63) is 64.5 Å². The summed E-state index contributed by atoms with van der Waals surface area (Å²) in [6.07, 6.45) is 1.75. The maximum atomic E-state index is 13.6. The van der Waals surface area contributed by atoms with E-state index < -0.39 is 5.82 Å². The lowest BCUT2D eigenvalue weighted by Crippen LogP contribution is -2.33. The van der Waals surface area contributed by atoms with E-state index in [1.54, 1.807) is 29.0 Å². The van der Waals surface area contributed by atoms with Gasteiger partial charge in [0, 0.05) is 22.8 Å². The van der Waals surface area contributed by atoms with Gasteiger partial charge in [0.15, 0.2) is 0 Å². The van der Waals surface area contributed by atoms with Gasteiger partial charge in [0.1, 0.15) is 5.82 Å². The molecule has 0 aliphatic heterocycles. The Morgan fingerprint density at radius 1 is 1.18 bits per heavy atom. The van der Waals surface area contributed by atoms with Gasteiger partial charge in [-0.05, 0) is 30.3 Å². The number of aromatic nitrogens is 2. The van der Waals surface area contributed by atoms with Crippen LogP contribution in [0.1, 0.15) is 13.8 Å². The lowest BCUT2D eigenvalue weighted by atomic mass is 10.2. The van der Waals surface area contributed by atoms with Crippen LogP contribution in [0.5, 0.6) is 0 Å². The summed E-state index contributed by atoms with van der Waals surface area (Å²) in [5.74, 6) is -0.449. The quantitative estimate of drug-likeness (QED) is 0.594. The zero-order valence-electron chi connectivity index (χ0n) is 15.3. The first-order chi connectivity index (χ1) is 13.3. The summed E-state index contributed by atoms with van der Waals surface area (Å²) in [5, 5.41) is 6.44. The second kappa shape index (κ2) is 8.73. The highest BCUT2D eigenvalue weighted by Gasteiger charge is 2.15. The van der Waals surface area contributed by atoms with E-state index in [4.69, 9.17) is 23.2 Å². The molecule has 2 N–H and O–H groups in total. The molecule has 0 saturated carbocycles. The average Bonchev–Trinajstić information content (AvgIpc) is 3.06. The Balaban J connectivity index is 1.98. The van der Waals surface area contributed by atoms with Crippen molar-refractivity contribution in [2.45, 2.75) is 19.9 Å². The number of benzene rings is 2. The number of anilines is 1. The molecule has 0 aliphatic carbocycles. The van der Waals surface area contributed by atoms with E-state index in [2.05, 4.69) is 15.6 Å². The molecular weight excluding hydrogens is 402 g/mol. The normalized spacial score (nSPS) is 11.1. The van der Waals surface area contributed by atoms with Crippen molar-refractivity contribution in [3.8, 4) is 16.9 Å². The van der Waals surface area contributed by atoms with E-state index in [0.717, 1.165) is 5.56 Å². The Hall–Kier alpha value is -2.41. The number of imidazole rings is 1. The molecule has 0 atom stereocenters. The molecule has 3 rings (SSSR count). The Kier molecular flexibility index (Phi) is 6.34. The standard InChI is InChI=1S/C20H19Cl2FN4O/c1-12(2)24-10-19(28)26-20-25-18(13-3-5-14(21)6-4-13)11-27(20)15-7-8-17(23)16(22)9-15/h3-9,11-12,24H,10H2,1-2H3,(H,25,26,28). The first-order valence-electron chi connectivity index (χ1n) is 8.67. The molecule has 0 aliphatic rings. The van der Waals surface area contributed by atoms with Gasteiger partial charge in [-0.15, -0.1) is 0 Å². The molecule has 0 saturated heterocycles. The van der Waals surface area contributed by atoms with Crippen molar-refractivity contribution >= 4 is 35.1 Å². The molecule has 5 nitrogen and oxygen atoms in total. The number of hydrogen-bond donors (Lipinski definition) is 2. The summed E-state index contributed by atoms with van der Waals surface area (Å²) in [6, 6.07) is 11.7. The van der Waals surface area contributed by atoms with E-state index in [9.17, 15) is 9.18 Å². The summed E-state index contributed by atoms with van der Waals surface area (Å²) in [4.78, 5) is 16.8. The van der Waals surface area contributed by atoms with Crippen LogP contribution in [-0.2, 0) is 4.79 Å². The Bertz CT molecular complexity index is 986. The molecule has 0 fully saturated rings. The van der Waals surface area contributed by atoms with Crippen LogP contribution in [0.25, 0.3) is 16.9 Å². The lowest BCUT2D eigenvalue weighted by molar-refractivity contribution is -0.115. The van der Waals surface area contributed by atoms with Crippen molar-refractivity contribution in [1.82, 2.24) is 14.9 Å². The van der Waals surface area contributed by atoms with Crippen molar-refractivity contribution in [2.24, 2.45) is 0 Å². The van der Waals surface area contributed by atoms with Gasteiger partial charge >= 0.3 is 0 Å². The Labute approximate surface area is 172 Å². The first kappa shape index (κ1) is 20.3. The van der Waals surface area contributed by atoms with Crippen LogP contribution in [0.4, 0.5) is 10.3 Å². The Morgan fingerprint density at radius 2 is 1.89 bits per heavy atom. The zero-order chi connectivity index (χ0) is 20.3. The van der Waals surface area contributed by atoms with E-state index in [0.29, 0.717) is 22.4 Å². The number of hydrogen-bond acceptors (Lipinski definition) is 3. The van der Waals surface area contributed by atoms with Crippen molar-refractivity contribution in [3.63, 3.8) is 0 Å². The van der Waals surface area contributed by atoms with Crippen LogP contribution in [0.3, 0.4) is 0 Å². The van der Waals surface area contributed by atoms with Gasteiger partial charge in [-0.25, -0.2) is 9.37 Å². The van der Waals surface area contributed by atoms with Gasteiger partial charge in [-0.3, -0.25) is 14.7 Å². The number of amides is 1. The number of rotatable bonds is 6. The molecule has 28 heavy (non-hydrogen) atoms. The summed E-state index contributed by atoms with van der Waals surface area (Å²) in [6.45, 7) is 4.05. The first-order valence-corrected chi connectivity index (χ1v) is 9.43. The van der Waals surface area contributed by atoms with Gasteiger partial charge in [-0.2, -0.15) is 0 Å². The highest BCUT2D eigenvalue weighted by Crippen LogP contribution is 2.27. The molecular formula is C20H19Cl2FN4O. The van der Waals surface area contributed by atoms with E-state index in [-0.39, 0.29) is 23.5 Å². The minimum Gasteiger partial charge on any atom is -0.306 e. The topological polar surface area (TPSA) is 59.0 Å². The predicted molar refractivity (Wildman–Crippen MR) is 111 cm³/mol. The summed E-state index contributed by atoms with van der Waals surface area (Å²) in [5.41, 5.74) is 2.03. The van der Waals surface area contributed by atoms with Gasteiger partial charge in [-0.1, -0.05) is 49.2 Å². The molecule has 1 heterocycles. The molecule has 0 radical (unpaired) electrons. The zero-order valence-corrected chi connectivity index (χ0v) is 16.9. The number of halogens is 3. The SMILES string of the molecule is CC(C)NCC(=O)Nc1nc(-c2ccc(Cl)cc2)cn1-c1ccc(F)c(Cl)c1. The maximum absolute atomic E-state index is 13.6. The predicted octanol–water partition coefficient (Wildman–Crippen LogP) is 4.92. The maximum Gasteiger partial charge on any atom is 0.240 e. The van der Waals surface area contributed by atoms with Crippen LogP contribution in [0.2, 0.25) is 10.0 Å². The molecule has 0 unspecified atom stereocenters. The number of nitrogens with one attached hydrogen (secondary N) is 2. The third-order valence-electron chi connectivity index (χ3n) is 3.95. The summed E-state index contributed by atoms with van der Waals surface area (Å²) < 4.78 is 15.2. The average molecular weight is 421 g/mol. The molecule has 1 aromatic heterocycles. The fourth-order valence-electron chi connectivity index (χ4n) is 2.53. The van der Waals surface area contributed by atoms with Crippen LogP contribution in [0, 0.1) is 5.82 Å². The Morgan fingerprint density at radius 3 is 2.54 bits per heavy atom. The molecule has 146 valence electrons. The smallest absolute Gasteiger partial charge is 0.240 e. The van der Waals surface area contributed by atoms with E-state index in [1.165, 1.54) is 12.1 Å². The largest absolute Gasteiger partial charge is 0.306 e. The van der Waals surface area contributed by atoms with E-state index >= 15 is 0 Å². The monoisotopic (exact) mass is 420 g/mol. The van der Waals surface area contributed by atoms with E-state index in [1.807, 2.05) is 26.0 Å². The molecule has 0 bridgehead atoms. The molecule has 0 spiro atoms. The van der Waals surface area contributed by atoms with Crippen LogP contribution < -0.4 is 10.6 Å². The fourth-order valence-corrected chi connectivity index (χ4v) is 2.83. The lowest BCUT2D eigenvalue weighted by Gasteiger charge is -2.11. The number of nitrogens with zero attached hydrogens (tertiary/aromatic N) is 2. The van der Waals surface area contributed by atoms with Crippen molar-refractivity contribution < 1.29 is 9.18 Å². The summed E-state index contributed by atoms with van der Waals surface area (Å²) in [7, 11) is 0. The third kappa shape index (κ3) is 4.90. The minimum atomic E-state index is -0.518. The second-order valence-corrected chi connectivity index (χ2v) is 7.35. The molecule has 1 amide bonds. The van der Waals surface area contributed by atoms with Gasteiger partial charge in [0.25, 0.3) is 0 Å². The fraction of sp³-hybridized carbons (Fsp3) is 0.200. The van der Waals surface area contributed by atoms with Gasteiger partial charge in [0.2, 0.25) is 11.9 Å². The van der Waals surface area contributed by atoms with Gasteiger partial charge in [0.05, 0.1) is 22.9 Å². The number of carbonyl (C=O) groups is 1. The second-order valence-electron chi connectivity index (χ2n) is 6.51. The molecule has 8 heteroatoms. The highest BCUT2D eigenvalue weighted by molar-refractivity contribution is 6.31. The molecule has 3 aromatic rings. The van der Waals surface area contributed by atoms with Crippen LogP contribution in [0.15, 0.2) is 48.7 Å². The van der Waals surface area contributed by atoms with Crippen LogP contribution >= 0.6 is 23.2 Å². The third-order valence-corrected chi connectivity index (χ3v) is 4.49. The highest BCUT2D eigenvalue weighted by atomic mass is 35.5. The van der Waals surface area contributed by atoms with Crippen LogP contribution in [-0.4, -0.2) is 28.0 Å². The van der Waals surface area contributed by atoms with Gasteiger partial charge < -0.3 is 5.32 Å². The molecule has 2 aromatic carbocycles.